The molecule has 8 heteroatoms. The molecule has 3 aromatic carbocycles. The standard InChI is InChI=1S/C22H22ClN2O3PS/c1-24(29(26,27)28-18-8-3-2-4-9-18)14-7-15-25-19-10-5-6-11-21(19)30-22-13-12-17(23)16-20(22)25/h2-6,8-13,16H,7,14-15H2,1H3,(H,26,27). The van der Waals surface area contributed by atoms with Gasteiger partial charge in [0.2, 0.25) is 0 Å². The molecule has 1 aliphatic rings. The number of nitrogens with zero attached hydrogens (tertiary/aromatic N) is 2. The first-order chi connectivity index (χ1) is 14.4. The molecule has 30 heavy (non-hydrogen) atoms. The summed E-state index contributed by atoms with van der Waals surface area (Å²) in [5.41, 5.74) is 2.18. The van der Waals surface area contributed by atoms with Crippen LogP contribution in [0.2, 0.25) is 5.02 Å². The molecule has 3 aromatic rings. The summed E-state index contributed by atoms with van der Waals surface area (Å²) in [4.78, 5) is 14.9. The van der Waals surface area contributed by atoms with E-state index in [9.17, 15) is 9.46 Å². The van der Waals surface area contributed by atoms with Crippen molar-refractivity contribution in [3.05, 3.63) is 77.8 Å². The highest BCUT2D eigenvalue weighted by atomic mass is 35.5. The van der Waals surface area contributed by atoms with Crippen molar-refractivity contribution in [3.8, 4) is 5.75 Å². The molecule has 1 heterocycles. The third-order valence-electron chi connectivity index (χ3n) is 4.85. The summed E-state index contributed by atoms with van der Waals surface area (Å²) in [6.45, 7) is 1.09. The van der Waals surface area contributed by atoms with Gasteiger partial charge in [0.1, 0.15) is 5.75 Å². The fourth-order valence-corrected chi connectivity index (χ4v) is 5.49. The maximum atomic E-state index is 12.6. The Labute approximate surface area is 185 Å². The predicted octanol–water partition coefficient (Wildman–Crippen LogP) is 6.44. The van der Waals surface area contributed by atoms with Gasteiger partial charge in [-0.25, -0.2) is 9.24 Å². The van der Waals surface area contributed by atoms with E-state index in [1.807, 2.05) is 36.4 Å². The summed E-state index contributed by atoms with van der Waals surface area (Å²) in [6.07, 6.45) is 0.671. The van der Waals surface area contributed by atoms with E-state index in [2.05, 4.69) is 17.0 Å². The van der Waals surface area contributed by atoms with Gasteiger partial charge in [0, 0.05) is 27.9 Å². The molecule has 0 amide bonds. The maximum Gasteiger partial charge on any atom is 0.458 e. The van der Waals surface area contributed by atoms with Crippen LogP contribution in [0.15, 0.2) is 82.6 Å². The van der Waals surface area contributed by atoms with Gasteiger partial charge in [-0.3, -0.25) is 0 Å². The Morgan fingerprint density at radius 1 is 1.03 bits per heavy atom. The summed E-state index contributed by atoms with van der Waals surface area (Å²) in [7, 11) is -2.32. The van der Waals surface area contributed by atoms with Crippen molar-refractivity contribution in [2.24, 2.45) is 0 Å². The van der Waals surface area contributed by atoms with Gasteiger partial charge in [0.15, 0.2) is 0 Å². The third kappa shape index (κ3) is 4.69. The highest BCUT2D eigenvalue weighted by Crippen LogP contribution is 2.49. The van der Waals surface area contributed by atoms with E-state index in [0.29, 0.717) is 30.3 Å². The predicted molar refractivity (Wildman–Crippen MR) is 123 cm³/mol. The Balaban J connectivity index is 1.46. The van der Waals surface area contributed by atoms with Crippen molar-refractivity contribution in [1.82, 2.24) is 4.67 Å². The molecule has 0 aliphatic carbocycles. The normalized spacial score (nSPS) is 14.7. The first-order valence-corrected chi connectivity index (χ1v) is 12.3. The Hall–Kier alpha value is -1.95. The van der Waals surface area contributed by atoms with Gasteiger partial charge in [-0.15, -0.1) is 0 Å². The molecule has 1 atom stereocenters. The second kappa shape index (κ2) is 9.04. The lowest BCUT2D eigenvalue weighted by Gasteiger charge is -2.33. The molecule has 0 radical (unpaired) electrons. The van der Waals surface area contributed by atoms with Gasteiger partial charge >= 0.3 is 7.75 Å². The van der Waals surface area contributed by atoms with E-state index in [1.54, 1.807) is 43.1 Å². The molecule has 4 rings (SSSR count). The van der Waals surface area contributed by atoms with Crippen LogP contribution in [-0.4, -0.2) is 29.7 Å². The fourth-order valence-electron chi connectivity index (χ4n) is 3.32. The van der Waals surface area contributed by atoms with E-state index in [0.717, 1.165) is 16.3 Å². The molecule has 0 aromatic heterocycles. The monoisotopic (exact) mass is 460 g/mol. The molecule has 5 nitrogen and oxygen atoms in total. The van der Waals surface area contributed by atoms with Crippen molar-refractivity contribution >= 4 is 42.5 Å². The first-order valence-electron chi connectivity index (χ1n) is 9.57. The summed E-state index contributed by atoms with van der Waals surface area (Å²) in [5.74, 6) is 0.376. The van der Waals surface area contributed by atoms with Crippen LogP contribution in [0.5, 0.6) is 5.75 Å². The molecular weight excluding hydrogens is 439 g/mol. The summed E-state index contributed by atoms with van der Waals surface area (Å²) in [6, 6.07) is 22.8. The smallest absolute Gasteiger partial charge is 0.413 e. The zero-order valence-corrected chi connectivity index (χ0v) is 18.9. The number of fused-ring (bicyclic) bond motifs is 2. The van der Waals surface area contributed by atoms with Crippen LogP contribution in [0.25, 0.3) is 0 Å². The second-order valence-corrected chi connectivity index (χ2v) is 10.3. The highest BCUT2D eigenvalue weighted by molar-refractivity contribution is 7.99. The van der Waals surface area contributed by atoms with Gasteiger partial charge in [0.25, 0.3) is 0 Å². The molecule has 0 bridgehead atoms. The van der Waals surface area contributed by atoms with Crippen LogP contribution in [0.4, 0.5) is 11.4 Å². The minimum absolute atomic E-state index is 0.376. The van der Waals surface area contributed by atoms with E-state index in [-0.39, 0.29) is 0 Å². The lowest BCUT2D eigenvalue weighted by atomic mass is 10.2. The van der Waals surface area contributed by atoms with Crippen LogP contribution in [0.1, 0.15) is 6.42 Å². The molecule has 0 fully saturated rings. The number of rotatable bonds is 7. The SMILES string of the molecule is CN(CCCN1c2ccccc2Sc2ccc(Cl)cc21)P(=O)(O)Oc1ccccc1. The zero-order chi connectivity index (χ0) is 21.1. The minimum atomic E-state index is -3.93. The summed E-state index contributed by atoms with van der Waals surface area (Å²) < 4.78 is 19.3. The molecule has 1 aliphatic heterocycles. The lowest BCUT2D eigenvalue weighted by molar-refractivity contribution is 0.298. The Kier molecular flexibility index (Phi) is 6.42. The second-order valence-electron chi connectivity index (χ2n) is 6.96. The van der Waals surface area contributed by atoms with Crippen molar-refractivity contribution in [2.75, 3.05) is 25.0 Å². The average molecular weight is 461 g/mol. The fraction of sp³-hybridized carbons (Fsp3) is 0.182. The van der Waals surface area contributed by atoms with Crippen LogP contribution >= 0.6 is 31.1 Å². The number of para-hydroxylation sites is 2. The van der Waals surface area contributed by atoms with Crippen LogP contribution in [-0.2, 0) is 4.57 Å². The molecule has 0 saturated heterocycles. The number of halogens is 1. The Morgan fingerprint density at radius 2 is 1.73 bits per heavy atom. The van der Waals surface area contributed by atoms with Gasteiger partial charge in [-0.05, 0) is 55.9 Å². The van der Waals surface area contributed by atoms with Crippen molar-refractivity contribution in [2.45, 2.75) is 16.2 Å². The summed E-state index contributed by atoms with van der Waals surface area (Å²) >= 11 is 7.98. The topological polar surface area (TPSA) is 53.0 Å². The maximum absolute atomic E-state index is 12.6. The largest absolute Gasteiger partial charge is 0.458 e. The molecule has 0 saturated carbocycles. The number of hydrogen-bond acceptors (Lipinski definition) is 4. The van der Waals surface area contributed by atoms with Gasteiger partial charge in [-0.2, -0.15) is 0 Å². The van der Waals surface area contributed by atoms with Crippen molar-refractivity contribution in [1.29, 1.82) is 0 Å². The average Bonchev–Trinajstić information content (AvgIpc) is 2.74. The lowest BCUT2D eigenvalue weighted by Crippen LogP contribution is -2.26. The number of anilines is 2. The number of benzene rings is 3. The molecule has 1 unspecified atom stereocenters. The highest BCUT2D eigenvalue weighted by Gasteiger charge is 2.28. The summed E-state index contributed by atoms with van der Waals surface area (Å²) in [5, 5.41) is 0.687. The van der Waals surface area contributed by atoms with Gasteiger partial charge in [-0.1, -0.05) is 53.7 Å². The van der Waals surface area contributed by atoms with Gasteiger partial charge in [0.05, 0.1) is 11.4 Å². The van der Waals surface area contributed by atoms with E-state index >= 15 is 0 Å². The quantitative estimate of drug-likeness (QED) is 0.409. The molecule has 156 valence electrons. The molecular formula is C22H22ClN2O3PS. The van der Waals surface area contributed by atoms with E-state index < -0.39 is 7.75 Å². The van der Waals surface area contributed by atoms with Gasteiger partial charge < -0.3 is 14.3 Å². The minimum Gasteiger partial charge on any atom is -0.413 e. The molecule has 0 spiro atoms. The Morgan fingerprint density at radius 3 is 2.53 bits per heavy atom. The van der Waals surface area contributed by atoms with E-state index in [4.69, 9.17) is 16.1 Å². The van der Waals surface area contributed by atoms with Crippen LogP contribution < -0.4 is 9.42 Å². The van der Waals surface area contributed by atoms with Crippen LogP contribution in [0.3, 0.4) is 0 Å². The Bertz CT molecular complexity index is 1080. The third-order valence-corrected chi connectivity index (χ3v) is 7.73. The first kappa shape index (κ1) is 21.3. The van der Waals surface area contributed by atoms with Crippen LogP contribution in [0, 0.1) is 0 Å². The molecule has 1 N–H and O–H groups in total. The van der Waals surface area contributed by atoms with Crippen molar-refractivity contribution < 1.29 is 14.0 Å². The van der Waals surface area contributed by atoms with E-state index in [1.165, 1.54) is 9.57 Å². The zero-order valence-electron chi connectivity index (χ0n) is 16.4. The van der Waals surface area contributed by atoms with Crippen molar-refractivity contribution in [3.63, 3.8) is 0 Å². The number of hydrogen-bond donors (Lipinski definition) is 1.